The molecule has 1 aromatic carbocycles. The standard InChI is InChI=1S/C14H21NO3/c1-14(2)7-12(15-10(8-16)9-17)11-5-3-4-6-13(11)18-14/h3-6,10,12,15-17H,7-9H2,1-2H3. The normalized spacial score (nSPS) is 21.5. The van der Waals surface area contributed by atoms with Crippen molar-refractivity contribution in [1.29, 1.82) is 0 Å². The monoisotopic (exact) mass is 251 g/mol. The van der Waals surface area contributed by atoms with Gasteiger partial charge in [0.1, 0.15) is 11.4 Å². The second-order valence-electron chi connectivity index (χ2n) is 5.39. The summed E-state index contributed by atoms with van der Waals surface area (Å²) in [6.07, 6.45) is 0.806. The molecule has 0 saturated heterocycles. The molecule has 0 bridgehead atoms. The van der Waals surface area contributed by atoms with Gasteiger partial charge in [-0.25, -0.2) is 0 Å². The van der Waals surface area contributed by atoms with Crippen LogP contribution in [0.3, 0.4) is 0 Å². The molecule has 0 saturated carbocycles. The second-order valence-corrected chi connectivity index (χ2v) is 5.39. The molecule has 1 aliphatic rings. The Morgan fingerprint density at radius 1 is 1.33 bits per heavy atom. The van der Waals surface area contributed by atoms with Crippen LogP contribution in [0.1, 0.15) is 31.9 Å². The molecule has 1 unspecified atom stereocenters. The lowest BCUT2D eigenvalue weighted by molar-refractivity contribution is 0.0570. The van der Waals surface area contributed by atoms with Crippen molar-refractivity contribution in [3.8, 4) is 5.75 Å². The molecule has 0 spiro atoms. The molecule has 0 radical (unpaired) electrons. The van der Waals surface area contributed by atoms with Crippen LogP contribution in [-0.4, -0.2) is 35.1 Å². The number of aliphatic hydroxyl groups excluding tert-OH is 2. The maximum absolute atomic E-state index is 9.18. The van der Waals surface area contributed by atoms with Crippen molar-refractivity contribution in [1.82, 2.24) is 5.32 Å². The maximum Gasteiger partial charge on any atom is 0.124 e. The Morgan fingerprint density at radius 2 is 2.00 bits per heavy atom. The van der Waals surface area contributed by atoms with E-state index in [4.69, 9.17) is 4.74 Å². The summed E-state index contributed by atoms with van der Waals surface area (Å²) < 4.78 is 5.93. The van der Waals surface area contributed by atoms with E-state index in [1.165, 1.54) is 0 Å². The Balaban J connectivity index is 2.24. The number of aliphatic hydroxyl groups is 2. The van der Waals surface area contributed by atoms with Crippen LogP contribution in [0.15, 0.2) is 24.3 Å². The van der Waals surface area contributed by atoms with Crippen molar-refractivity contribution in [2.24, 2.45) is 0 Å². The predicted molar refractivity (Wildman–Crippen MR) is 69.6 cm³/mol. The largest absolute Gasteiger partial charge is 0.487 e. The van der Waals surface area contributed by atoms with Gasteiger partial charge in [-0.2, -0.15) is 0 Å². The van der Waals surface area contributed by atoms with E-state index in [0.29, 0.717) is 0 Å². The van der Waals surface area contributed by atoms with E-state index in [-0.39, 0.29) is 30.9 Å². The van der Waals surface area contributed by atoms with Gasteiger partial charge in [0.25, 0.3) is 0 Å². The number of fused-ring (bicyclic) bond motifs is 1. The minimum atomic E-state index is -0.294. The van der Waals surface area contributed by atoms with E-state index in [9.17, 15) is 10.2 Å². The highest BCUT2D eigenvalue weighted by molar-refractivity contribution is 5.38. The van der Waals surface area contributed by atoms with E-state index in [1.54, 1.807) is 0 Å². The fourth-order valence-electron chi connectivity index (χ4n) is 2.40. The molecule has 1 heterocycles. The van der Waals surface area contributed by atoms with Crippen molar-refractivity contribution >= 4 is 0 Å². The number of para-hydroxylation sites is 1. The number of rotatable bonds is 4. The molecule has 2 rings (SSSR count). The summed E-state index contributed by atoms with van der Waals surface area (Å²) in [4.78, 5) is 0. The molecule has 1 aromatic rings. The molecule has 3 N–H and O–H groups in total. The summed E-state index contributed by atoms with van der Waals surface area (Å²) in [6.45, 7) is 3.95. The first-order chi connectivity index (χ1) is 8.55. The molecule has 1 aliphatic heterocycles. The number of hydrogen-bond acceptors (Lipinski definition) is 4. The first-order valence-electron chi connectivity index (χ1n) is 6.31. The van der Waals surface area contributed by atoms with Crippen LogP contribution in [-0.2, 0) is 0 Å². The highest BCUT2D eigenvalue weighted by Crippen LogP contribution is 2.39. The lowest BCUT2D eigenvalue weighted by Crippen LogP contribution is -2.45. The third-order valence-corrected chi connectivity index (χ3v) is 3.25. The summed E-state index contributed by atoms with van der Waals surface area (Å²) in [5.74, 6) is 0.876. The van der Waals surface area contributed by atoms with Gasteiger partial charge in [-0.15, -0.1) is 0 Å². The number of hydrogen-bond donors (Lipinski definition) is 3. The molecule has 4 nitrogen and oxygen atoms in total. The molecule has 0 aliphatic carbocycles. The molecule has 18 heavy (non-hydrogen) atoms. The molecule has 0 fully saturated rings. The van der Waals surface area contributed by atoms with Crippen molar-refractivity contribution in [2.45, 2.75) is 38.0 Å². The average molecular weight is 251 g/mol. The Morgan fingerprint density at radius 3 is 2.67 bits per heavy atom. The van der Waals surface area contributed by atoms with E-state index >= 15 is 0 Å². The minimum Gasteiger partial charge on any atom is -0.487 e. The molecule has 0 amide bonds. The van der Waals surface area contributed by atoms with Crippen LogP contribution in [0.4, 0.5) is 0 Å². The van der Waals surface area contributed by atoms with Gasteiger partial charge >= 0.3 is 0 Å². The van der Waals surface area contributed by atoms with Crippen LogP contribution >= 0.6 is 0 Å². The lowest BCUT2D eigenvalue weighted by Gasteiger charge is -2.39. The molecular formula is C14H21NO3. The molecule has 100 valence electrons. The highest BCUT2D eigenvalue weighted by Gasteiger charge is 2.34. The van der Waals surface area contributed by atoms with Crippen LogP contribution < -0.4 is 10.1 Å². The SMILES string of the molecule is CC1(C)CC(NC(CO)CO)c2ccccc2O1. The van der Waals surface area contributed by atoms with E-state index < -0.39 is 0 Å². The van der Waals surface area contributed by atoms with Crippen LogP contribution in [0, 0.1) is 0 Å². The zero-order valence-electron chi connectivity index (χ0n) is 10.9. The van der Waals surface area contributed by atoms with Gasteiger partial charge in [0.05, 0.1) is 19.3 Å². The summed E-state index contributed by atoms with van der Waals surface area (Å²) in [7, 11) is 0. The Bertz CT molecular complexity index is 402. The number of ether oxygens (including phenoxy) is 1. The fraction of sp³-hybridized carbons (Fsp3) is 0.571. The van der Waals surface area contributed by atoms with Crippen molar-refractivity contribution in [3.63, 3.8) is 0 Å². The fourth-order valence-corrected chi connectivity index (χ4v) is 2.40. The van der Waals surface area contributed by atoms with Crippen molar-refractivity contribution in [2.75, 3.05) is 13.2 Å². The van der Waals surface area contributed by atoms with Gasteiger partial charge < -0.3 is 20.3 Å². The molecule has 1 atom stereocenters. The Labute approximate surface area is 108 Å². The predicted octanol–water partition coefficient (Wildman–Crippen LogP) is 1.23. The van der Waals surface area contributed by atoms with Crippen molar-refractivity contribution < 1.29 is 14.9 Å². The first kappa shape index (κ1) is 13.3. The van der Waals surface area contributed by atoms with Gasteiger partial charge in [0, 0.05) is 18.0 Å². The third-order valence-electron chi connectivity index (χ3n) is 3.25. The molecule has 4 heteroatoms. The van der Waals surface area contributed by atoms with Crippen LogP contribution in [0.2, 0.25) is 0 Å². The second kappa shape index (κ2) is 5.26. The van der Waals surface area contributed by atoms with Gasteiger partial charge in [-0.05, 0) is 19.9 Å². The van der Waals surface area contributed by atoms with Gasteiger partial charge in [0.2, 0.25) is 0 Å². The quantitative estimate of drug-likeness (QED) is 0.753. The highest BCUT2D eigenvalue weighted by atomic mass is 16.5. The zero-order chi connectivity index (χ0) is 13.2. The summed E-state index contributed by atoms with van der Waals surface area (Å²) in [5.41, 5.74) is 0.838. The maximum atomic E-state index is 9.18. The topological polar surface area (TPSA) is 61.7 Å². The van der Waals surface area contributed by atoms with E-state index in [2.05, 4.69) is 5.32 Å². The zero-order valence-corrected chi connectivity index (χ0v) is 10.9. The van der Waals surface area contributed by atoms with E-state index in [0.717, 1.165) is 17.7 Å². The minimum absolute atomic E-state index is 0.0730. The number of nitrogens with one attached hydrogen (secondary N) is 1. The lowest BCUT2D eigenvalue weighted by atomic mass is 9.89. The van der Waals surface area contributed by atoms with Gasteiger partial charge in [0.15, 0.2) is 0 Å². The smallest absolute Gasteiger partial charge is 0.124 e. The summed E-state index contributed by atoms with van der Waals surface area (Å²) in [6, 6.07) is 7.70. The Hall–Kier alpha value is -1.10. The summed E-state index contributed by atoms with van der Waals surface area (Å²) >= 11 is 0. The van der Waals surface area contributed by atoms with Crippen LogP contribution in [0.25, 0.3) is 0 Å². The van der Waals surface area contributed by atoms with Gasteiger partial charge in [-0.1, -0.05) is 18.2 Å². The first-order valence-corrected chi connectivity index (χ1v) is 6.31. The third kappa shape index (κ3) is 2.83. The Kier molecular flexibility index (Phi) is 3.90. The summed E-state index contributed by atoms with van der Waals surface area (Å²) in [5, 5.41) is 21.6. The molecule has 0 aromatic heterocycles. The van der Waals surface area contributed by atoms with E-state index in [1.807, 2.05) is 38.1 Å². The van der Waals surface area contributed by atoms with Crippen LogP contribution in [0.5, 0.6) is 5.75 Å². The average Bonchev–Trinajstić information content (AvgIpc) is 2.34. The van der Waals surface area contributed by atoms with Crippen molar-refractivity contribution in [3.05, 3.63) is 29.8 Å². The molecular weight excluding hydrogens is 230 g/mol. The number of benzene rings is 1. The van der Waals surface area contributed by atoms with Gasteiger partial charge in [-0.3, -0.25) is 0 Å².